The van der Waals surface area contributed by atoms with E-state index in [-0.39, 0.29) is 0 Å². The number of rotatable bonds is 1. The second-order valence-corrected chi connectivity index (χ2v) is 6.90. The lowest BCUT2D eigenvalue weighted by atomic mass is 9.84. The third kappa shape index (κ3) is 2.10. The summed E-state index contributed by atoms with van der Waals surface area (Å²) in [5, 5.41) is 0. The largest absolute Gasteiger partial charge is 0.493 e. The highest BCUT2D eigenvalue weighted by atomic mass is 16.5. The molecule has 1 unspecified atom stereocenters. The number of fused-ring (bicyclic) bond motifs is 5. The van der Waals surface area contributed by atoms with Gasteiger partial charge in [-0.05, 0) is 29.8 Å². The van der Waals surface area contributed by atoms with Gasteiger partial charge in [0.2, 0.25) is 5.72 Å². The van der Waals surface area contributed by atoms with Gasteiger partial charge >= 0.3 is 0 Å². The first kappa shape index (κ1) is 15.8. The summed E-state index contributed by atoms with van der Waals surface area (Å²) >= 11 is 0. The van der Waals surface area contributed by atoms with E-state index in [1.165, 1.54) is 11.1 Å². The fourth-order valence-electron chi connectivity index (χ4n) is 4.13. The molecule has 4 nitrogen and oxygen atoms in total. The molecule has 4 heteroatoms. The van der Waals surface area contributed by atoms with Gasteiger partial charge in [-0.2, -0.15) is 0 Å². The Morgan fingerprint density at radius 2 is 1.74 bits per heavy atom. The highest BCUT2D eigenvalue weighted by Gasteiger charge is 2.45. The van der Waals surface area contributed by atoms with Crippen molar-refractivity contribution < 1.29 is 9.47 Å². The van der Waals surface area contributed by atoms with Gasteiger partial charge < -0.3 is 20.1 Å². The maximum Gasteiger partial charge on any atom is 0.229 e. The van der Waals surface area contributed by atoms with E-state index in [0.717, 1.165) is 16.8 Å². The first-order chi connectivity index (χ1) is 13.1. The Morgan fingerprint density at radius 3 is 2.56 bits per heavy atom. The molecule has 3 aromatic rings. The molecule has 0 bridgehead atoms. The average molecular weight is 356 g/mol. The van der Waals surface area contributed by atoms with Crippen molar-refractivity contribution >= 4 is 17.5 Å². The van der Waals surface area contributed by atoms with Crippen molar-refractivity contribution in [3.8, 4) is 22.6 Å². The van der Waals surface area contributed by atoms with Gasteiger partial charge in [0.15, 0.2) is 11.5 Å². The van der Waals surface area contributed by atoms with Crippen LogP contribution in [0.1, 0.15) is 11.1 Å². The minimum atomic E-state index is -0.749. The highest BCUT2D eigenvalue weighted by molar-refractivity contribution is 5.87. The Kier molecular flexibility index (Phi) is 3.25. The standard InChI is InChI=1S/C23H20N2O2/c1-25-20-10-6-4-8-18(20)17-7-3-5-9-19(17)23(25)12-11-15-13-16(24)14-21(26-2)22(15)27-23/h3-14H,24H2,1-2H3. The van der Waals surface area contributed by atoms with Crippen LogP contribution in [-0.4, -0.2) is 14.2 Å². The van der Waals surface area contributed by atoms with Crippen LogP contribution in [0.2, 0.25) is 0 Å². The second kappa shape index (κ2) is 5.55. The topological polar surface area (TPSA) is 47.7 Å². The number of ether oxygens (including phenoxy) is 2. The smallest absolute Gasteiger partial charge is 0.229 e. The van der Waals surface area contributed by atoms with Gasteiger partial charge in [0, 0.05) is 41.2 Å². The van der Waals surface area contributed by atoms with Crippen molar-refractivity contribution in [1.82, 2.24) is 0 Å². The van der Waals surface area contributed by atoms with Gasteiger partial charge in [0.25, 0.3) is 0 Å². The molecule has 1 spiro atoms. The summed E-state index contributed by atoms with van der Waals surface area (Å²) in [6, 6.07) is 20.5. The van der Waals surface area contributed by atoms with Gasteiger partial charge in [-0.15, -0.1) is 0 Å². The second-order valence-electron chi connectivity index (χ2n) is 6.90. The molecule has 0 fully saturated rings. The fourth-order valence-corrected chi connectivity index (χ4v) is 4.13. The van der Waals surface area contributed by atoms with Crippen molar-refractivity contribution in [2.45, 2.75) is 5.72 Å². The average Bonchev–Trinajstić information content (AvgIpc) is 2.72. The molecule has 2 heterocycles. The summed E-state index contributed by atoms with van der Waals surface area (Å²) in [5.74, 6) is 1.34. The number of anilines is 2. The Balaban J connectivity index is 1.77. The van der Waals surface area contributed by atoms with E-state index < -0.39 is 5.72 Å². The molecule has 1 atom stereocenters. The van der Waals surface area contributed by atoms with Crippen LogP contribution in [0, 0.1) is 0 Å². The third-order valence-corrected chi connectivity index (χ3v) is 5.44. The number of likely N-dealkylation sites (N-methyl/N-ethyl adjacent to an activating group) is 1. The van der Waals surface area contributed by atoms with E-state index in [2.05, 4.69) is 72.6 Å². The summed E-state index contributed by atoms with van der Waals surface area (Å²) in [7, 11) is 3.70. The first-order valence-electron chi connectivity index (χ1n) is 8.92. The summed E-state index contributed by atoms with van der Waals surface area (Å²) in [6.45, 7) is 0. The molecule has 27 heavy (non-hydrogen) atoms. The van der Waals surface area contributed by atoms with Gasteiger partial charge in [-0.3, -0.25) is 0 Å². The predicted octanol–water partition coefficient (Wildman–Crippen LogP) is 4.65. The number of nitrogens with zero attached hydrogens (tertiary/aromatic N) is 1. The monoisotopic (exact) mass is 356 g/mol. The molecule has 0 aliphatic carbocycles. The van der Waals surface area contributed by atoms with Crippen molar-refractivity contribution in [3.05, 3.63) is 77.9 Å². The van der Waals surface area contributed by atoms with Crippen molar-refractivity contribution in [1.29, 1.82) is 0 Å². The van der Waals surface area contributed by atoms with E-state index in [1.54, 1.807) is 13.2 Å². The van der Waals surface area contributed by atoms with Crippen molar-refractivity contribution in [2.75, 3.05) is 24.8 Å². The summed E-state index contributed by atoms with van der Waals surface area (Å²) in [4.78, 5) is 2.18. The Hall–Kier alpha value is -3.40. The van der Waals surface area contributed by atoms with E-state index in [4.69, 9.17) is 15.2 Å². The predicted molar refractivity (Wildman–Crippen MR) is 109 cm³/mol. The zero-order valence-corrected chi connectivity index (χ0v) is 15.3. The zero-order valence-electron chi connectivity index (χ0n) is 15.3. The number of para-hydroxylation sites is 1. The summed E-state index contributed by atoms with van der Waals surface area (Å²) in [5.41, 5.74) is 11.4. The molecular weight excluding hydrogens is 336 g/mol. The van der Waals surface area contributed by atoms with Crippen molar-refractivity contribution in [2.24, 2.45) is 0 Å². The van der Waals surface area contributed by atoms with Crippen LogP contribution in [0.15, 0.2) is 66.7 Å². The van der Waals surface area contributed by atoms with E-state index >= 15 is 0 Å². The Morgan fingerprint density at radius 1 is 1.00 bits per heavy atom. The van der Waals surface area contributed by atoms with Crippen LogP contribution >= 0.6 is 0 Å². The minimum Gasteiger partial charge on any atom is -0.493 e. The SMILES string of the molecule is COc1cc(N)cc2c1OC1(C=C2)c2ccccc2-c2ccccc2N1C. The maximum absolute atomic E-state index is 6.69. The van der Waals surface area contributed by atoms with Gasteiger partial charge in [-0.25, -0.2) is 0 Å². The molecule has 134 valence electrons. The first-order valence-corrected chi connectivity index (χ1v) is 8.92. The fraction of sp³-hybridized carbons (Fsp3) is 0.130. The molecule has 2 aliphatic rings. The lowest BCUT2D eigenvalue weighted by molar-refractivity contribution is 0.111. The van der Waals surface area contributed by atoms with Gasteiger partial charge in [0.1, 0.15) is 0 Å². The minimum absolute atomic E-state index is 0.637. The summed E-state index contributed by atoms with van der Waals surface area (Å²) < 4.78 is 12.3. The number of hydrogen-bond acceptors (Lipinski definition) is 4. The van der Waals surface area contributed by atoms with Crippen molar-refractivity contribution in [3.63, 3.8) is 0 Å². The summed E-state index contributed by atoms with van der Waals surface area (Å²) in [6.07, 6.45) is 4.17. The number of nitrogen functional groups attached to an aromatic ring is 1. The lowest BCUT2D eigenvalue weighted by Gasteiger charge is -2.47. The van der Waals surface area contributed by atoms with Crippen LogP contribution in [0.5, 0.6) is 11.5 Å². The molecule has 0 aromatic heterocycles. The molecular formula is C23H20N2O2. The molecule has 0 saturated carbocycles. The Labute approximate surface area is 158 Å². The molecule has 5 rings (SSSR count). The van der Waals surface area contributed by atoms with Gasteiger partial charge in [0.05, 0.1) is 7.11 Å². The molecule has 2 N–H and O–H groups in total. The lowest BCUT2D eigenvalue weighted by Crippen LogP contribution is -2.50. The van der Waals surface area contributed by atoms with E-state index in [9.17, 15) is 0 Å². The third-order valence-electron chi connectivity index (χ3n) is 5.44. The molecule has 0 saturated heterocycles. The van der Waals surface area contributed by atoms with E-state index in [1.807, 2.05) is 6.07 Å². The highest BCUT2D eigenvalue weighted by Crippen LogP contribution is 2.52. The zero-order chi connectivity index (χ0) is 18.6. The molecule has 2 aliphatic heterocycles. The van der Waals surface area contributed by atoms with Crippen LogP contribution in [0.25, 0.3) is 17.2 Å². The number of methoxy groups -OCH3 is 1. The van der Waals surface area contributed by atoms with Crippen LogP contribution in [0.3, 0.4) is 0 Å². The number of nitrogens with two attached hydrogens (primary N) is 1. The number of hydrogen-bond donors (Lipinski definition) is 1. The quantitative estimate of drug-likeness (QED) is 0.645. The maximum atomic E-state index is 6.69. The van der Waals surface area contributed by atoms with E-state index in [0.29, 0.717) is 17.2 Å². The van der Waals surface area contributed by atoms with Gasteiger partial charge in [-0.1, -0.05) is 42.5 Å². The normalized spacial score (nSPS) is 19.1. The number of benzene rings is 3. The molecule has 0 radical (unpaired) electrons. The van der Waals surface area contributed by atoms with Crippen LogP contribution < -0.4 is 20.1 Å². The van der Waals surface area contributed by atoms with Crippen LogP contribution in [0.4, 0.5) is 11.4 Å². The Bertz CT molecular complexity index is 1090. The van der Waals surface area contributed by atoms with Crippen LogP contribution in [-0.2, 0) is 5.72 Å². The molecule has 3 aromatic carbocycles. The molecule has 0 amide bonds.